The van der Waals surface area contributed by atoms with Gasteiger partial charge in [0.1, 0.15) is 0 Å². The van der Waals surface area contributed by atoms with Crippen LogP contribution in [0.15, 0.2) is 0 Å². The van der Waals surface area contributed by atoms with Gasteiger partial charge in [0.25, 0.3) is 0 Å². The minimum Gasteiger partial charge on any atom is -0.386 e. The van der Waals surface area contributed by atoms with E-state index in [9.17, 15) is 0 Å². The van der Waals surface area contributed by atoms with Crippen LogP contribution >= 0.6 is 0 Å². The van der Waals surface area contributed by atoms with Crippen molar-refractivity contribution in [1.29, 1.82) is 0 Å². The highest BCUT2D eigenvalue weighted by molar-refractivity contribution is 6.36. The summed E-state index contributed by atoms with van der Waals surface area (Å²) in [4.78, 5) is 0. The Kier molecular flexibility index (Phi) is 20.2. The molecule has 0 heterocycles. The zero-order chi connectivity index (χ0) is 21.0. The third-order valence-electron chi connectivity index (χ3n) is 6.03. The predicted octanol–water partition coefficient (Wildman–Crippen LogP) is 7.67. The zero-order valence-corrected chi connectivity index (χ0v) is 20.1. The Morgan fingerprint density at radius 3 is 1.00 bits per heavy atom. The average molecular weight is 398 g/mol. The highest BCUT2D eigenvalue weighted by Gasteiger charge is 2.25. The molecule has 0 aliphatic heterocycles. The molecule has 0 aromatic carbocycles. The lowest BCUT2D eigenvalue weighted by Gasteiger charge is -2.23. The quantitative estimate of drug-likeness (QED) is 0.186. The molecular formula is C24H51BO3. The molecule has 0 N–H and O–H groups in total. The summed E-state index contributed by atoms with van der Waals surface area (Å²) in [7, 11) is -0.498. The van der Waals surface area contributed by atoms with Gasteiger partial charge in [-0.3, -0.25) is 0 Å². The van der Waals surface area contributed by atoms with Gasteiger partial charge in [-0.25, -0.2) is 0 Å². The Labute approximate surface area is 177 Å². The van der Waals surface area contributed by atoms with Crippen LogP contribution < -0.4 is 0 Å². The largest absolute Gasteiger partial charge is 0.639 e. The minimum atomic E-state index is -0.498. The maximum absolute atomic E-state index is 6.15. The van der Waals surface area contributed by atoms with E-state index in [0.717, 1.165) is 39.1 Å². The molecule has 28 heavy (non-hydrogen) atoms. The van der Waals surface area contributed by atoms with Crippen molar-refractivity contribution in [2.45, 2.75) is 119 Å². The maximum Gasteiger partial charge on any atom is 0.639 e. The zero-order valence-electron chi connectivity index (χ0n) is 20.1. The fourth-order valence-electron chi connectivity index (χ4n) is 3.48. The van der Waals surface area contributed by atoms with Crippen LogP contribution in [0.5, 0.6) is 0 Å². The van der Waals surface area contributed by atoms with E-state index in [1.165, 1.54) is 57.8 Å². The molecule has 0 radical (unpaired) electrons. The van der Waals surface area contributed by atoms with Gasteiger partial charge >= 0.3 is 7.32 Å². The molecule has 168 valence electrons. The van der Waals surface area contributed by atoms with E-state index < -0.39 is 7.32 Å². The summed E-state index contributed by atoms with van der Waals surface area (Å²) in [6.07, 6.45) is 14.8. The number of hydrogen-bond acceptors (Lipinski definition) is 3. The van der Waals surface area contributed by atoms with Gasteiger partial charge in [0, 0.05) is 19.8 Å². The molecule has 0 saturated carbocycles. The first kappa shape index (κ1) is 27.9. The molecule has 3 atom stereocenters. The Balaban J connectivity index is 4.60. The second-order valence-corrected chi connectivity index (χ2v) is 8.54. The van der Waals surface area contributed by atoms with Crippen LogP contribution in [0.1, 0.15) is 119 Å². The lowest BCUT2D eigenvalue weighted by molar-refractivity contribution is 0.0534. The maximum atomic E-state index is 6.15. The van der Waals surface area contributed by atoms with Crippen molar-refractivity contribution in [1.82, 2.24) is 0 Å². The lowest BCUT2D eigenvalue weighted by atomic mass is 9.98. The van der Waals surface area contributed by atoms with Gasteiger partial charge in [0.2, 0.25) is 0 Å². The standard InChI is InChI=1S/C24H51BO3/c1-7-13-16-22(10-4)19-26-25(27-20-23(11-5)17-14-8-2)28-21-24(12-6)18-15-9-3/h22-24H,7-21H2,1-6H3/t22-,23-,24-/m0/s1. The second kappa shape index (κ2) is 20.2. The van der Waals surface area contributed by atoms with Crippen LogP contribution in [0.2, 0.25) is 0 Å². The summed E-state index contributed by atoms with van der Waals surface area (Å²) in [5.74, 6) is 1.83. The van der Waals surface area contributed by atoms with Crippen molar-refractivity contribution in [2.75, 3.05) is 19.8 Å². The van der Waals surface area contributed by atoms with Crippen LogP contribution in [0.3, 0.4) is 0 Å². The summed E-state index contributed by atoms with van der Waals surface area (Å²) in [5, 5.41) is 0. The monoisotopic (exact) mass is 398 g/mol. The predicted molar refractivity (Wildman–Crippen MR) is 124 cm³/mol. The third-order valence-corrected chi connectivity index (χ3v) is 6.03. The van der Waals surface area contributed by atoms with E-state index in [-0.39, 0.29) is 0 Å². The summed E-state index contributed by atoms with van der Waals surface area (Å²) in [6, 6.07) is 0. The molecule has 0 aromatic rings. The fraction of sp³-hybridized carbons (Fsp3) is 1.00. The SMILES string of the molecule is CCCC[C@H](CC)COB(OC[C@@H](CC)CCCC)OC[C@@H](CC)CCCC. The van der Waals surface area contributed by atoms with E-state index in [1.807, 2.05) is 0 Å². The molecule has 0 aliphatic carbocycles. The van der Waals surface area contributed by atoms with Crippen molar-refractivity contribution in [3.63, 3.8) is 0 Å². The third kappa shape index (κ3) is 14.9. The summed E-state index contributed by atoms with van der Waals surface area (Å²) < 4.78 is 18.4. The molecule has 0 spiro atoms. The van der Waals surface area contributed by atoms with Crippen LogP contribution in [-0.2, 0) is 14.0 Å². The summed E-state index contributed by atoms with van der Waals surface area (Å²) in [6.45, 7) is 15.8. The van der Waals surface area contributed by atoms with Gasteiger partial charge in [0.05, 0.1) is 0 Å². The highest BCUT2D eigenvalue weighted by atomic mass is 16.7. The van der Waals surface area contributed by atoms with Crippen LogP contribution in [0.25, 0.3) is 0 Å². The molecular weight excluding hydrogens is 347 g/mol. The fourth-order valence-corrected chi connectivity index (χ4v) is 3.48. The topological polar surface area (TPSA) is 27.7 Å². The van der Waals surface area contributed by atoms with E-state index in [0.29, 0.717) is 17.8 Å². The first-order chi connectivity index (χ1) is 13.6. The first-order valence-corrected chi connectivity index (χ1v) is 12.5. The van der Waals surface area contributed by atoms with E-state index in [1.54, 1.807) is 0 Å². The Morgan fingerprint density at radius 1 is 0.500 bits per heavy atom. The average Bonchev–Trinajstić information content (AvgIpc) is 2.73. The smallest absolute Gasteiger partial charge is 0.386 e. The second-order valence-electron chi connectivity index (χ2n) is 8.54. The molecule has 0 rings (SSSR count). The van der Waals surface area contributed by atoms with E-state index in [2.05, 4.69) is 41.5 Å². The molecule has 4 heteroatoms. The number of unbranched alkanes of at least 4 members (excludes halogenated alkanes) is 3. The molecule has 0 saturated heterocycles. The van der Waals surface area contributed by atoms with Crippen molar-refractivity contribution >= 4 is 7.32 Å². The molecule has 0 amide bonds. The first-order valence-electron chi connectivity index (χ1n) is 12.5. The van der Waals surface area contributed by atoms with Gasteiger partial charge in [-0.1, -0.05) is 99.3 Å². The van der Waals surface area contributed by atoms with Crippen molar-refractivity contribution < 1.29 is 14.0 Å². The van der Waals surface area contributed by atoms with E-state index >= 15 is 0 Å². The molecule has 0 fully saturated rings. The Morgan fingerprint density at radius 2 is 0.786 bits per heavy atom. The van der Waals surface area contributed by atoms with Gasteiger partial charge < -0.3 is 14.0 Å². The van der Waals surface area contributed by atoms with Crippen molar-refractivity contribution in [3.8, 4) is 0 Å². The van der Waals surface area contributed by atoms with Gasteiger partial charge in [-0.05, 0) is 37.0 Å². The molecule has 3 nitrogen and oxygen atoms in total. The van der Waals surface area contributed by atoms with E-state index in [4.69, 9.17) is 14.0 Å². The van der Waals surface area contributed by atoms with Crippen LogP contribution in [0, 0.1) is 17.8 Å². The summed E-state index contributed by atoms with van der Waals surface area (Å²) in [5.41, 5.74) is 0. The number of rotatable bonds is 21. The minimum absolute atomic E-state index is 0.498. The van der Waals surface area contributed by atoms with Crippen molar-refractivity contribution in [2.24, 2.45) is 17.8 Å². The van der Waals surface area contributed by atoms with Crippen LogP contribution in [0.4, 0.5) is 0 Å². The van der Waals surface area contributed by atoms with Gasteiger partial charge in [0.15, 0.2) is 0 Å². The number of hydrogen-bond donors (Lipinski definition) is 0. The van der Waals surface area contributed by atoms with Crippen LogP contribution in [-0.4, -0.2) is 27.1 Å². The van der Waals surface area contributed by atoms with Gasteiger partial charge in [-0.2, -0.15) is 0 Å². The Hall–Kier alpha value is -0.0551. The van der Waals surface area contributed by atoms with Crippen molar-refractivity contribution in [3.05, 3.63) is 0 Å². The normalized spacial score (nSPS) is 14.8. The molecule has 0 unspecified atom stereocenters. The molecule has 0 aromatic heterocycles. The lowest BCUT2D eigenvalue weighted by Crippen LogP contribution is -2.33. The molecule has 0 aliphatic rings. The highest BCUT2D eigenvalue weighted by Crippen LogP contribution is 2.18. The Bertz CT molecular complexity index is 267. The summed E-state index contributed by atoms with van der Waals surface area (Å²) >= 11 is 0. The molecule has 0 bridgehead atoms. The van der Waals surface area contributed by atoms with Gasteiger partial charge in [-0.15, -0.1) is 0 Å².